The number of amides is 2. The topological polar surface area (TPSA) is 77.4 Å². The van der Waals surface area contributed by atoms with Crippen LogP contribution in [0, 0.1) is 5.92 Å². The first-order chi connectivity index (χ1) is 14.6. The molecular weight excluding hydrogens is 384 g/mol. The fraction of sp³-hybridized carbons (Fsp3) is 0.174. The van der Waals surface area contributed by atoms with Crippen LogP contribution >= 0.6 is 0 Å². The molecule has 0 radical (unpaired) electrons. The number of fused-ring (bicyclic) bond motifs is 2. The Morgan fingerprint density at radius 2 is 1.70 bits per heavy atom. The van der Waals surface area contributed by atoms with Gasteiger partial charge < -0.3 is 14.3 Å². The molecular formula is C23H18N2O5. The van der Waals surface area contributed by atoms with Gasteiger partial charge in [0, 0.05) is 11.6 Å². The third-order valence-corrected chi connectivity index (χ3v) is 5.49. The molecule has 0 N–H and O–H groups in total. The lowest BCUT2D eigenvalue weighted by Crippen LogP contribution is -2.33. The third-order valence-electron chi connectivity index (χ3n) is 5.49. The zero-order valence-electron chi connectivity index (χ0n) is 16.4. The minimum atomic E-state index is -0.981. The quantitative estimate of drug-likeness (QED) is 0.627. The van der Waals surface area contributed by atoms with Crippen molar-refractivity contribution in [1.82, 2.24) is 0 Å². The molecule has 7 heteroatoms. The number of carbonyl (C=O) groups excluding carboxylic acids is 2. The van der Waals surface area contributed by atoms with E-state index < -0.39 is 17.9 Å². The Balaban J connectivity index is 1.53. The maximum absolute atomic E-state index is 13.3. The Labute approximate surface area is 172 Å². The van der Waals surface area contributed by atoms with Gasteiger partial charge in [0.25, 0.3) is 5.91 Å². The molecule has 0 aliphatic carbocycles. The highest BCUT2D eigenvalue weighted by Crippen LogP contribution is 2.38. The van der Waals surface area contributed by atoms with E-state index in [0.717, 1.165) is 10.8 Å². The van der Waals surface area contributed by atoms with Crippen LogP contribution in [0.1, 0.15) is 5.56 Å². The SMILES string of the molecule is COc1ccc(C2=NO[C@H]3C(=O)N(c4ccc5ccccc5c4)C(=O)[C@@H]23)c(OC)c1. The molecule has 1 saturated heterocycles. The van der Waals surface area contributed by atoms with Crippen molar-refractivity contribution in [3.05, 3.63) is 66.2 Å². The summed E-state index contributed by atoms with van der Waals surface area (Å²) in [5.74, 6) is -0.521. The summed E-state index contributed by atoms with van der Waals surface area (Å²) in [5.41, 5.74) is 1.48. The lowest BCUT2D eigenvalue weighted by molar-refractivity contribution is -0.126. The van der Waals surface area contributed by atoms with E-state index in [1.165, 1.54) is 12.0 Å². The molecule has 5 rings (SSSR count). The molecule has 2 atom stereocenters. The van der Waals surface area contributed by atoms with Crippen LogP contribution in [0.15, 0.2) is 65.8 Å². The van der Waals surface area contributed by atoms with Gasteiger partial charge in [-0.1, -0.05) is 35.5 Å². The zero-order valence-corrected chi connectivity index (χ0v) is 16.4. The Morgan fingerprint density at radius 1 is 0.900 bits per heavy atom. The summed E-state index contributed by atoms with van der Waals surface area (Å²) in [6.07, 6.45) is -0.981. The summed E-state index contributed by atoms with van der Waals surface area (Å²) >= 11 is 0. The van der Waals surface area contributed by atoms with E-state index in [2.05, 4.69) is 5.16 Å². The summed E-state index contributed by atoms with van der Waals surface area (Å²) in [7, 11) is 3.08. The highest BCUT2D eigenvalue weighted by atomic mass is 16.7. The van der Waals surface area contributed by atoms with E-state index in [-0.39, 0.29) is 5.91 Å². The van der Waals surface area contributed by atoms with Crippen molar-refractivity contribution >= 4 is 34.0 Å². The van der Waals surface area contributed by atoms with E-state index in [4.69, 9.17) is 14.3 Å². The van der Waals surface area contributed by atoms with Gasteiger partial charge in [-0.05, 0) is 35.0 Å². The Bertz CT molecular complexity index is 1220. The first-order valence-electron chi connectivity index (χ1n) is 9.45. The molecule has 0 saturated carbocycles. The van der Waals surface area contributed by atoms with Gasteiger partial charge in [-0.2, -0.15) is 0 Å². The average molecular weight is 402 g/mol. The number of carbonyl (C=O) groups is 2. The van der Waals surface area contributed by atoms with Crippen molar-refractivity contribution in [2.24, 2.45) is 11.1 Å². The van der Waals surface area contributed by atoms with Crippen molar-refractivity contribution < 1.29 is 23.9 Å². The van der Waals surface area contributed by atoms with Crippen LogP contribution in [0.3, 0.4) is 0 Å². The monoisotopic (exact) mass is 402 g/mol. The number of rotatable bonds is 4. The molecule has 0 bridgehead atoms. The van der Waals surface area contributed by atoms with Gasteiger partial charge >= 0.3 is 0 Å². The van der Waals surface area contributed by atoms with E-state index in [9.17, 15) is 9.59 Å². The van der Waals surface area contributed by atoms with Gasteiger partial charge in [-0.25, -0.2) is 4.90 Å². The largest absolute Gasteiger partial charge is 0.497 e. The number of hydrogen-bond donors (Lipinski definition) is 0. The van der Waals surface area contributed by atoms with Crippen molar-refractivity contribution in [3.63, 3.8) is 0 Å². The second-order valence-electron chi connectivity index (χ2n) is 7.09. The molecule has 1 fully saturated rings. The van der Waals surface area contributed by atoms with Crippen molar-refractivity contribution in [2.45, 2.75) is 6.10 Å². The highest BCUT2D eigenvalue weighted by molar-refractivity contribution is 6.33. The number of ether oxygens (including phenoxy) is 2. The Kier molecular flexibility index (Phi) is 4.17. The Hall–Kier alpha value is -3.87. The van der Waals surface area contributed by atoms with E-state index in [1.54, 1.807) is 31.4 Å². The van der Waals surface area contributed by atoms with Crippen molar-refractivity contribution in [1.29, 1.82) is 0 Å². The number of oxime groups is 1. The molecule has 2 aliphatic heterocycles. The van der Waals surface area contributed by atoms with Crippen LogP contribution in [-0.2, 0) is 14.4 Å². The van der Waals surface area contributed by atoms with Gasteiger partial charge in [0.05, 0.1) is 19.9 Å². The predicted molar refractivity (Wildman–Crippen MR) is 111 cm³/mol. The average Bonchev–Trinajstić information content (AvgIpc) is 3.32. The van der Waals surface area contributed by atoms with Crippen LogP contribution in [0.4, 0.5) is 5.69 Å². The van der Waals surface area contributed by atoms with Crippen LogP contribution in [0.5, 0.6) is 11.5 Å². The number of nitrogens with zero attached hydrogens (tertiary/aromatic N) is 2. The molecule has 0 unspecified atom stereocenters. The molecule has 3 aromatic carbocycles. The second kappa shape index (κ2) is 6.88. The molecule has 2 amide bonds. The minimum absolute atomic E-state index is 0.366. The Morgan fingerprint density at radius 3 is 2.47 bits per heavy atom. The second-order valence-corrected chi connectivity index (χ2v) is 7.09. The molecule has 30 heavy (non-hydrogen) atoms. The molecule has 2 aliphatic rings. The number of benzene rings is 3. The maximum Gasteiger partial charge on any atom is 0.278 e. The van der Waals surface area contributed by atoms with Crippen molar-refractivity contribution in [3.8, 4) is 11.5 Å². The van der Waals surface area contributed by atoms with Gasteiger partial charge in [0.1, 0.15) is 23.1 Å². The summed E-state index contributed by atoms with van der Waals surface area (Å²) in [6.45, 7) is 0. The number of anilines is 1. The van der Waals surface area contributed by atoms with E-state index in [0.29, 0.717) is 28.5 Å². The standard InChI is InChI=1S/C23H18N2O5/c1-28-16-9-10-17(18(12-16)29-2)20-19-21(30-24-20)23(27)25(22(19)26)15-8-7-13-5-3-4-6-14(13)11-15/h3-12,19,21H,1-2H3/t19-,21+/m0/s1. The number of hydrogen-bond acceptors (Lipinski definition) is 6. The summed E-state index contributed by atoms with van der Waals surface area (Å²) in [5, 5.41) is 6.03. The zero-order chi connectivity index (χ0) is 20.8. The smallest absolute Gasteiger partial charge is 0.278 e. The molecule has 3 aromatic rings. The van der Waals surface area contributed by atoms with E-state index in [1.807, 2.05) is 36.4 Å². The van der Waals surface area contributed by atoms with Gasteiger partial charge in [-0.3, -0.25) is 9.59 Å². The minimum Gasteiger partial charge on any atom is -0.497 e. The normalized spacial score (nSPS) is 20.2. The summed E-state index contributed by atoms with van der Waals surface area (Å²) in [6, 6.07) is 18.5. The highest BCUT2D eigenvalue weighted by Gasteiger charge is 2.56. The van der Waals surface area contributed by atoms with Gasteiger partial charge in [0.2, 0.25) is 12.0 Å². The summed E-state index contributed by atoms with van der Waals surface area (Å²) < 4.78 is 10.7. The van der Waals surface area contributed by atoms with Gasteiger partial charge in [-0.15, -0.1) is 0 Å². The fourth-order valence-corrected chi connectivity index (χ4v) is 3.98. The maximum atomic E-state index is 13.3. The van der Waals surface area contributed by atoms with Crippen LogP contribution in [0.25, 0.3) is 10.8 Å². The predicted octanol–water partition coefficient (Wildman–Crippen LogP) is 3.15. The first kappa shape index (κ1) is 18.2. The van der Waals surface area contributed by atoms with E-state index >= 15 is 0 Å². The lowest BCUT2D eigenvalue weighted by atomic mass is 9.93. The fourth-order valence-electron chi connectivity index (χ4n) is 3.98. The molecule has 150 valence electrons. The van der Waals surface area contributed by atoms with Crippen LogP contribution < -0.4 is 14.4 Å². The molecule has 0 spiro atoms. The van der Waals surface area contributed by atoms with Crippen LogP contribution in [0.2, 0.25) is 0 Å². The first-order valence-corrected chi connectivity index (χ1v) is 9.45. The molecule has 2 heterocycles. The third kappa shape index (κ3) is 2.62. The van der Waals surface area contributed by atoms with Crippen molar-refractivity contribution in [2.75, 3.05) is 19.1 Å². The number of methoxy groups -OCH3 is 2. The summed E-state index contributed by atoms with van der Waals surface area (Å²) in [4.78, 5) is 32.9. The number of imide groups is 1. The van der Waals surface area contributed by atoms with Crippen LogP contribution in [-0.4, -0.2) is 37.8 Å². The molecule has 7 nitrogen and oxygen atoms in total. The molecule has 0 aromatic heterocycles. The lowest BCUT2D eigenvalue weighted by Gasteiger charge is -2.16. The van der Waals surface area contributed by atoms with Gasteiger partial charge in [0.15, 0.2) is 0 Å².